The maximum Gasteiger partial charge on any atom is 0.329 e. The number of aliphatic imine (C=N–C) groups is 1. The van der Waals surface area contributed by atoms with E-state index in [9.17, 15) is 14.4 Å². The number of carbonyl (C=O) groups is 3. The maximum absolute atomic E-state index is 13.4. The quantitative estimate of drug-likeness (QED) is 0.0425. The highest BCUT2D eigenvalue weighted by atomic mass is 16.5. The second-order valence-electron chi connectivity index (χ2n) is 11.4. The minimum atomic E-state index is -0.937. The van der Waals surface area contributed by atoms with E-state index in [2.05, 4.69) is 18.8 Å². The first-order valence-corrected chi connectivity index (χ1v) is 17.0. The zero-order valence-electron chi connectivity index (χ0n) is 26.9. The van der Waals surface area contributed by atoms with Crippen LogP contribution in [0.1, 0.15) is 168 Å². The minimum absolute atomic E-state index is 0.0187. The van der Waals surface area contributed by atoms with Gasteiger partial charge in [-0.25, -0.2) is 4.79 Å². The molecule has 0 spiro atoms. The molecule has 2 amide bonds. The van der Waals surface area contributed by atoms with Crippen LogP contribution in [0.5, 0.6) is 0 Å². The SMILES string of the molecule is CCCCCCCCCCCC(=O)N(C(=O)CCCCCCCCCCC)[C@@H](CCCN=C(N)N)C(=O)OCCC. The van der Waals surface area contributed by atoms with Crippen molar-refractivity contribution in [1.82, 2.24) is 4.90 Å². The first-order valence-electron chi connectivity index (χ1n) is 17.0. The number of nitrogens with zero attached hydrogens (tertiary/aromatic N) is 2. The lowest BCUT2D eigenvalue weighted by molar-refractivity contribution is -0.162. The molecule has 0 unspecified atom stereocenters. The lowest BCUT2D eigenvalue weighted by atomic mass is 10.0. The van der Waals surface area contributed by atoms with Crippen LogP contribution in [0.3, 0.4) is 0 Å². The summed E-state index contributed by atoms with van der Waals surface area (Å²) in [5.74, 6) is -1.07. The standard InChI is InChI=1S/C33H64N4O4/c1-4-7-9-11-13-15-17-19-21-25-30(38)37(31(39)26-22-20-18-16-14-12-10-8-5-2)29(32(40)41-28-6-3)24-23-27-36-33(34)35/h29H,4-28H2,1-3H3,(H4,34,35,36)/t29-/m0/s1. The van der Waals surface area contributed by atoms with Crippen LogP contribution in [0.4, 0.5) is 0 Å². The summed E-state index contributed by atoms with van der Waals surface area (Å²) >= 11 is 0. The van der Waals surface area contributed by atoms with Gasteiger partial charge in [-0.05, 0) is 32.1 Å². The van der Waals surface area contributed by atoms with Gasteiger partial charge >= 0.3 is 5.97 Å². The highest BCUT2D eigenvalue weighted by Gasteiger charge is 2.34. The number of imide groups is 1. The molecule has 8 nitrogen and oxygen atoms in total. The molecule has 0 rings (SSSR count). The largest absolute Gasteiger partial charge is 0.464 e. The van der Waals surface area contributed by atoms with Crippen molar-refractivity contribution >= 4 is 23.7 Å². The molecule has 0 aromatic carbocycles. The van der Waals surface area contributed by atoms with Gasteiger partial charge in [0.15, 0.2) is 5.96 Å². The molecule has 0 fully saturated rings. The summed E-state index contributed by atoms with van der Waals surface area (Å²) in [4.78, 5) is 45.2. The number of nitrogens with two attached hydrogens (primary N) is 2. The van der Waals surface area contributed by atoms with Gasteiger partial charge in [0.25, 0.3) is 0 Å². The zero-order valence-corrected chi connectivity index (χ0v) is 26.9. The van der Waals surface area contributed by atoms with Crippen molar-refractivity contribution in [3.05, 3.63) is 0 Å². The Morgan fingerprint density at radius 3 is 1.41 bits per heavy atom. The van der Waals surface area contributed by atoms with E-state index >= 15 is 0 Å². The smallest absolute Gasteiger partial charge is 0.329 e. The summed E-state index contributed by atoms with van der Waals surface area (Å²) in [6.45, 7) is 6.95. The van der Waals surface area contributed by atoms with Crippen LogP contribution < -0.4 is 11.5 Å². The van der Waals surface area contributed by atoms with Crippen molar-refractivity contribution < 1.29 is 19.1 Å². The third-order valence-electron chi connectivity index (χ3n) is 7.49. The van der Waals surface area contributed by atoms with E-state index in [4.69, 9.17) is 16.2 Å². The summed E-state index contributed by atoms with van der Waals surface area (Å²) < 4.78 is 5.44. The Balaban J connectivity index is 5.12. The molecule has 0 aliphatic rings. The van der Waals surface area contributed by atoms with Crippen LogP contribution in [0.2, 0.25) is 0 Å². The van der Waals surface area contributed by atoms with E-state index in [0.717, 1.165) is 38.5 Å². The highest BCUT2D eigenvalue weighted by molar-refractivity contribution is 5.99. The Labute approximate surface area is 251 Å². The number of hydrogen-bond acceptors (Lipinski definition) is 5. The van der Waals surface area contributed by atoms with E-state index in [0.29, 0.717) is 19.4 Å². The summed E-state index contributed by atoms with van der Waals surface area (Å²) in [5.41, 5.74) is 10.9. The second kappa shape index (κ2) is 28.0. The first kappa shape index (κ1) is 38.9. The van der Waals surface area contributed by atoms with Crippen molar-refractivity contribution in [3.63, 3.8) is 0 Å². The van der Waals surface area contributed by atoms with Crippen LogP contribution in [0, 0.1) is 0 Å². The Morgan fingerprint density at radius 1 is 0.610 bits per heavy atom. The fraction of sp³-hybridized carbons (Fsp3) is 0.879. The molecule has 0 saturated heterocycles. The minimum Gasteiger partial charge on any atom is -0.464 e. The van der Waals surface area contributed by atoms with Gasteiger partial charge in [0, 0.05) is 19.4 Å². The molecule has 0 radical (unpaired) electrons. The molecule has 0 aromatic rings. The number of rotatable bonds is 28. The topological polar surface area (TPSA) is 128 Å². The van der Waals surface area contributed by atoms with Crippen molar-refractivity contribution in [2.24, 2.45) is 16.5 Å². The molecule has 4 N–H and O–H groups in total. The average molecular weight is 581 g/mol. The summed E-state index contributed by atoms with van der Waals surface area (Å²) in [6.07, 6.45) is 22.5. The lowest BCUT2D eigenvalue weighted by Crippen LogP contribution is -2.49. The molecule has 0 aliphatic carbocycles. The average Bonchev–Trinajstić information content (AvgIpc) is 2.95. The van der Waals surface area contributed by atoms with E-state index in [-0.39, 0.29) is 43.6 Å². The van der Waals surface area contributed by atoms with Crippen molar-refractivity contribution in [1.29, 1.82) is 0 Å². The summed E-state index contributed by atoms with van der Waals surface area (Å²) in [6, 6.07) is -0.937. The molecule has 0 saturated carbocycles. The molecular formula is C33H64N4O4. The van der Waals surface area contributed by atoms with Crippen molar-refractivity contribution in [3.8, 4) is 0 Å². The van der Waals surface area contributed by atoms with Gasteiger partial charge in [0.2, 0.25) is 11.8 Å². The number of guanidine groups is 1. The molecular weight excluding hydrogens is 516 g/mol. The van der Waals surface area contributed by atoms with Gasteiger partial charge in [-0.15, -0.1) is 0 Å². The lowest BCUT2D eigenvalue weighted by Gasteiger charge is -2.29. The molecule has 1 atom stereocenters. The van der Waals surface area contributed by atoms with Crippen molar-refractivity contribution in [2.75, 3.05) is 13.2 Å². The zero-order chi connectivity index (χ0) is 30.6. The molecule has 8 heteroatoms. The van der Waals surface area contributed by atoms with E-state index in [1.807, 2.05) is 6.92 Å². The fourth-order valence-electron chi connectivity index (χ4n) is 5.05. The Hall–Kier alpha value is -2.12. The van der Waals surface area contributed by atoms with Gasteiger partial charge in [-0.2, -0.15) is 0 Å². The molecule has 0 aromatic heterocycles. The second-order valence-corrected chi connectivity index (χ2v) is 11.4. The normalized spacial score (nSPS) is 11.7. The van der Waals surface area contributed by atoms with E-state index in [1.165, 1.54) is 81.9 Å². The number of unbranched alkanes of at least 4 members (excludes halogenated alkanes) is 16. The molecule has 0 heterocycles. The highest BCUT2D eigenvalue weighted by Crippen LogP contribution is 2.19. The Bertz CT molecular complexity index is 661. The van der Waals surface area contributed by atoms with Crippen LogP contribution in [0.25, 0.3) is 0 Å². The monoisotopic (exact) mass is 580 g/mol. The number of esters is 1. The van der Waals surface area contributed by atoms with Crippen LogP contribution in [0.15, 0.2) is 4.99 Å². The Kier molecular flexibility index (Phi) is 26.6. The van der Waals surface area contributed by atoms with Crippen LogP contribution in [-0.2, 0) is 19.1 Å². The maximum atomic E-state index is 13.4. The third-order valence-corrected chi connectivity index (χ3v) is 7.49. The predicted octanol–water partition coefficient (Wildman–Crippen LogP) is 7.56. The fourth-order valence-corrected chi connectivity index (χ4v) is 5.05. The number of hydrogen-bond donors (Lipinski definition) is 2. The third kappa shape index (κ3) is 22.2. The molecule has 0 bridgehead atoms. The summed E-state index contributed by atoms with van der Waals surface area (Å²) in [5, 5.41) is 0. The van der Waals surface area contributed by atoms with Crippen LogP contribution >= 0.6 is 0 Å². The van der Waals surface area contributed by atoms with Gasteiger partial charge in [-0.1, -0.05) is 124 Å². The van der Waals surface area contributed by atoms with Gasteiger partial charge in [0.05, 0.1) is 6.61 Å². The number of carbonyl (C=O) groups excluding carboxylic acids is 3. The number of ether oxygens (including phenoxy) is 1. The molecule has 41 heavy (non-hydrogen) atoms. The van der Waals surface area contributed by atoms with Gasteiger partial charge < -0.3 is 16.2 Å². The predicted molar refractivity (Wildman–Crippen MR) is 170 cm³/mol. The van der Waals surface area contributed by atoms with E-state index in [1.54, 1.807) is 0 Å². The number of amides is 2. The molecule has 0 aliphatic heterocycles. The van der Waals surface area contributed by atoms with Gasteiger partial charge in [0.1, 0.15) is 6.04 Å². The van der Waals surface area contributed by atoms with Gasteiger partial charge in [-0.3, -0.25) is 19.5 Å². The van der Waals surface area contributed by atoms with E-state index < -0.39 is 12.0 Å². The van der Waals surface area contributed by atoms with Crippen LogP contribution in [-0.4, -0.2) is 47.8 Å². The molecule has 240 valence electrons. The summed E-state index contributed by atoms with van der Waals surface area (Å²) in [7, 11) is 0. The first-order chi connectivity index (χ1) is 19.9. The Morgan fingerprint density at radius 2 is 1.02 bits per heavy atom. The van der Waals surface area contributed by atoms with Crippen molar-refractivity contribution in [2.45, 2.75) is 174 Å².